The minimum Gasteiger partial charge on any atom is -0.453 e. The molecule has 0 bridgehead atoms. The average Bonchev–Trinajstić information content (AvgIpc) is 2.62. The van der Waals surface area contributed by atoms with Crippen molar-refractivity contribution in [3.63, 3.8) is 0 Å². The van der Waals surface area contributed by atoms with Crippen LogP contribution in [-0.2, 0) is 0 Å². The van der Waals surface area contributed by atoms with Crippen molar-refractivity contribution >= 4 is 16.8 Å². The summed E-state index contributed by atoms with van der Waals surface area (Å²) in [5.74, 6) is 4.80. The molecular formula is C9H8FN3O. The molecule has 0 saturated heterocycles. The fraction of sp³-hybridized carbons (Fsp3) is 0. The first-order valence-electron chi connectivity index (χ1n) is 3.96. The molecule has 72 valence electrons. The van der Waals surface area contributed by atoms with E-state index in [0.29, 0.717) is 11.0 Å². The molecule has 1 aromatic heterocycles. The first-order valence-corrected chi connectivity index (χ1v) is 3.96. The quantitative estimate of drug-likeness (QED) is 0.277. The van der Waals surface area contributed by atoms with Gasteiger partial charge < -0.3 is 9.84 Å². The van der Waals surface area contributed by atoms with Crippen LogP contribution in [-0.4, -0.2) is 5.84 Å². The number of amidine groups is 1. The van der Waals surface area contributed by atoms with Gasteiger partial charge in [0.05, 0.1) is 5.39 Å². The van der Waals surface area contributed by atoms with Crippen LogP contribution in [0.25, 0.3) is 11.0 Å². The Balaban J connectivity index is 2.62. The van der Waals surface area contributed by atoms with Gasteiger partial charge in [0.25, 0.3) is 0 Å². The van der Waals surface area contributed by atoms with Crippen molar-refractivity contribution in [1.82, 2.24) is 5.43 Å². The minimum absolute atomic E-state index is 0.0828. The lowest BCUT2D eigenvalue weighted by Crippen LogP contribution is -2.29. The molecule has 0 spiro atoms. The summed E-state index contributed by atoms with van der Waals surface area (Å²) in [6.07, 6.45) is 0. The number of fused-ring (bicyclic) bond motifs is 1. The number of hydrogen-bond acceptors (Lipinski definition) is 3. The number of hydrazine groups is 1. The summed E-state index contributed by atoms with van der Waals surface area (Å²) in [7, 11) is 0. The number of nitrogens with one attached hydrogen (secondary N) is 2. The van der Waals surface area contributed by atoms with E-state index in [2.05, 4.69) is 5.43 Å². The molecule has 0 fully saturated rings. The van der Waals surface area contributed by atoms with Crippen LogP contribution >= 0.6 is 0 Å². The lowest BCUT2D eigenvalue weighted by Gasteiger charge is -1.94. The van der Waals surface area contributed by atoms with Crippen molar-refractivity contribution in [2.45, 2.75) is 0 Å². The van der Waals surface area contributed by atoms with E-state index in [1.54, 1.807) is 12.1 Å². The highest BCUT2D eigenvalue weighted by Crippen LogP contribution is 2.21. The third kappa shape index (κ3) is 1.23. The molecule has 0 atom stereocenters. The molecule has 0 aliphatic rings. The first kappa shape index (κ1) is 8.71. The first-order chi connectivity index (χ1) is 6.72. The molecule has 0 unspecified atom stereocenters. The molecule has 0 amide bonds. The lowest BCUT2D eigenvalue weighted by atomic mass is 10.2. The number of rotatable bonds is 1. The van der Waals surface area contributed by atoms with Gasteiger partial charge in [0, 0.05) is 0 Å². The zero-order valence-electron chi connectivity index (χ0n) is 7.17. The van der Waals surface area contributed by atoms with Crippen LogP contribution in [0.3, 0.4) is 0 Å². The van der Waals surface area contributed by atoms with E-state index in [1.165, 1.54) is 12.1 Å². The predicted octanol–water partition coefficient (Wildman–Crippen LogP) is 1.36. The summed E-state index contributed by atoms with van der Waals surface area (Å²) in [5, 5.41) is 7.68. The van der Waals surface area contributed by atoms with Gasteiger partial charge in [-0.05, 0) is 18.2 Å². The molecule has 0 saturated carbocycles. The zero-order valence-corrected chi connectivity index (χ0v) is 7.17. The third-order valence-corrected chi connectivity index (χ3v) is 1.90. The van der Waals surface area contributed by atoms with Crippen molar-refractivity contribution in [3.05, 3.63) is 35.8 Å². The maximum Gasteiger partial charge on any atom is 0.176 e. The monoisotopic (exact) mass is 193 g/mol. The molecule has 1 heterocycles. The molecule has 2 rings (SSSR count). The van der Waals surface area contributed by atoms with Crippen LogP contribution in [0.2, 0.25) is 0 Å². The van der Waals surface area contributed by atoms with Crippen LogP contribution in [0, 0.1) is 11.2 Å². The summed E-state index contributed by atoms with van der Waals surface area (Å²) in [6.45, 7) is 0. The molecular weight excluding hydrogens is 185 g/mol. The summed E-state index contributed by atoms with van der Waals surface area (Å²) < 4.78 is 18.4. The summed E-state index contributed by atoms with van der Waals surface area (Å²) >= 11 is 0. The van der Waals surface area contributed by atoms with Crippen molar-refractivity contribution < 1.29 is 8.81 Å². The maximum absolute atomic E-state index is 13.2. The van der Waals surface area contributed by atoms with Gasteiger partial charge in [-0.2, -0.15) is 0 Å². The number of halogens is 1. The standard InChI is InChI=1S/C9H8FN3O/c10-6-2-1-3-7-5(6)4-8(14-7)9(11)13-12/h1-4H,12H2,(H2,11,13). The Hall–Kier alpha value is -1.88. The van der Waals surface area contributed by atoms with E-state index >= 15 is 0 Å². The molecule has 4 nitrogen and oxygen atoms in total. The van der Waals surface area contributed by atoms with Gasteiger partial charge in [-0.15, -0.1) is 0 Å². The van der Waals surface area contributed by atoms with Crippen molar-refractivity contribution in [2.75, 3.05) is 0 Å². The molecule has 1 aromatic carbocycles. The Morgan fingerprint density at radius 1 is 1.50 bits per heavy atom. The van der Waals surface area contributed by atoms with Gasteiger partial charge in [0.1, 0.15) is 11.4 Å². The van der Waals surface area contributed by atoms with E-state index in [1.807, 2.05) is 0 Å². The fourth-order valence-electron chi connectivity index (χ4n) is 1.22. The topological polar surface area (TPSA) is 75.0 Å². The van der Waals surface area contributed by atoms with Gasteiger partial charge in [0.2, 0.25) is 0 Å². The average molecular weight is 193 g/mol. The van der Waals surface area contributed by atoms with Crippen LogP contribution in [0.15, 0.2) is 28.7 Å². The second-order valence-electron chi connectivity index (χ2n) is 2.78. The molecule has 14 heavy (non-hydrogen) atoms. The van der Waals surface area contributed by atoms with E-state index in [0.717, 1.165) is 0 Å². The smallest absolute Gasteiger partial charge is 0.176 e. The van der Waals surface area contributed by atoms with Crippen LogP contribution < -0.4 is 11.3 Å². The fourth-order valence-corrected chi connectivity index (χ4v) is 1.22. The zero-order chi connectivity index (χ0) is 10.1. The molecule has 2 aromatic rings. The highest BCUT2D eigenvalue weighted by atomic mass is 19.1. The Morgan fingerprint density at radius 3 is 2.93 bits per heavy atom. The third-order valence-electron chi connectivity index (χ3n) is 1.90. The van der Waals surface area contributed by atoms with Gasteiger partial charge >= 0.3 is 0 Å². The molecule has 5 heteroatoms. The Labute approximate surface area is 79.0 Å². The number of furan rings is 1. The number of hydrogen-bond donors (Lipinski definition) is 3. The predicted molar refractivity (Wildman–Crippen MR) is 50.3 cm³/mol. The SMILES string of the molecule is N=C(NN)c1cc2c(F)cccc2o1. The van der Waals surface area contributed by atoms with Gasteiger partial charge in [-0.3, -0.25) is 5.41 Å². The van der Waals surface area contributed by atoms with Crippen molar-refractivity contribution in [2.24, 2.45) is 5.84 Å². The number of benzene rings is 1. The largest absolute Gasteiger partial charge is 0.453 e. The number of nitrogens with two attached hydrogens (primary N) is 1. The summed E-state index contributed by atoms with van der Waals surface area (Å²) in [4.78, 5) is 0. The molecule has 4 N–H and O–H groups in total. The Bertz CT molecular complexity index is 492. The van der Waals surface area contributed by atoms with Crippen LogP contribution in [0.5, 0.6) is 0 Å². The minimum atomic E-state index is -0.373. The maximum atomic E-state index is 13.2. The van der Waals surface area contributed by atoms with Gasteiger partial charge in [0.15, 0.2) is 11.6 Å². The van der Waals surface area contributed by atoms with Crippen LogP contribution in [0.4, 0.5) is 4.39 Å². The molecule has 0 aliphatic heterocycles. The normalized spacial score (nSPS) is 10.4. The van der Waals surface area contributed by atoms with Crippen molar-refractivity contribution in [1.29, 1.82) is 5.41 Å². The van der Waals surface area contributed by atoms with E-state index in [-0.39, 0.29) is 17.4 Å². The van der Waals surface area contributed by atoms with E-state index in [4.69, 9.17) is 15.7 Å². The highest BCUT2D eigenvalue weighted by molar-refractivity contribution is 5.97. The Kier molecular flexibility index (Phi) is 1.94. The molecule has 0 radical (unpaired) electrons. The second-order valence-corrected chi connectivity index (χ2v) is 2.78. The Morgan fingerprint density at radius 2 is 2.29 bits per heavy atom. The van der Waals surface area contributed by atoms with E-state index in [9.17, 15) is 4.39 Å². The van der Waals surface area contributed by atoms with Crippen LogP contribution in [0.1, 0.15) is 5.76 Å². The van der Waals surface area contributed by atoms with E-state index < -0.39 is 0 Å². The highest BCUT2D eigenvalue weighted by Gasteiger charge is 2.10. The lowest BCUT2D eigenvalue weighted by molar-refractivity contribution is 0.596. The molecule has 0 aliphatic carbocycles. The summed E-state index contributed by atoms with van der Waals surface area (Å²) in [6, 6.07) is 5.95. The summed E-state index contributed by atoms with van der Waals surface area (Å²) in [5.41, 5.74) is 2.53. The van der Waals surface area contributed by atoms with Crippen molar-refractivity contribution in [3.8, 4) is 0 Å². The second kappa shape index (κ2) is 3.12. The van der Waals surface area contributed by atoms with Gasteiger partial charge in [-0.1, -0.05) is 6.07 Å². The van der Waals surface area contributed by atoms with Gasteiger partial charge in [-0.25, -0.2) is 10.2 Å².